The predicted octanol–water partition coefficient (Wildman–Crippen LogP) is 0.473. The third kappa shape index (κ3) is 5.75. The molecule has 0 spiro atoms. The Morgan fingerprint density at radius 2 is 1.89 bits per heavy atom. The number of hydrogen-bond acceptors (Lipinski definition) is 11. The van der Waals surface area contributed by atoms with E-state index in [1.165, 1.54) is 10.9 Å². The number of anilines is 2. The summed E-state index contributed by atoms with van der Waals surface area (Å²) in [5.74, 6) is -0.614. The quantitative estimate of drug-likeness (QED) is 0.184. The molecule has 0 fully saturated rings. The summed E-state index contributed by atoms with van der Waals surface area (Å²) in [5.41, 5.74) is 15.1. The van der Waals surface area contributed by atoms with Crippen molar-refractivity contribution in [1.29, 1.82) is 0 Å². The molecule has 4 aromatic rings. The molecule has 0 aliphatic heterocycles. The number of benzene rings is 2. The van der Waals surface area contributed by atoms with Crippen LogP contribution < -0.4 is 26.9 Å². The molecule has 14 heteroatoms. The first-order chi connectivity index (χ1) is 17.0. The van der Waals surface area contributed by atoms with Gasteiger partial charge in [-0.05, 0) is 52.3 Å². The second-order valence-electron chi connectivity index (χ2n) is 7.01. The summed E-state index contributed by atoms with van der Waals surface area (Å²) >= 11 is 0. The number of ether oxygens (including phenoxy) is 1. The largest absolute Gasteiger partial charge is 0.484 e. The lowest BCUT2D eigenvalue weighted by Crippen LogP contribution is -2.21. The highest BCUT2D eigenvalue weighted by atomic mass is 16.6. The van der Waals surface area contributed by atoms with Gasteiger partial charge in [0.15, 0.2) is 12.3 Å². The smallest absolute Gasteiger partial charge is 0.293 e. The number of primary amides is 1. The molecular weight excluding hydrogens is 456 g/mol. The third-order valence-corrected chi connectivity index (χ3v) is 4.55. The highest BCUT2D eigenvalue weighted by Crippen LogP contribution is 2.17. The normalized spacial score (nSPS) is 10.9. The number of nitrogen functional groups attached to an aromatic ring is 1. The van der Waals surface area contributed by atoms with Crippen molar-refractivity contribution in [2.24, 2.45) is 10.8 Å². The zero-order valence-electron chi connectivity index (χ0n) is 18.2. The highest BCUT2D eigenvalue weighted by molar-refractivity contribution is 5.94. The van der Waals surface area contributed by atoms with E-state index in [2.05, 4.69) is 41.1 Å². The average Bonchev–Trinajstić information content (AvgIpc) is 3.48. The molecular formula is C21H20N10O4. The van der Waals surface area contributed by atoms with Gasteiger partial charge in [-0.2, -0.15) is 9.78 Å². The molecule has 14 nitrogen and oxygen atoms in total. The van der Waals surface area contributed by atoms with Gasteiger partial charge >= 0.3 is 0 Å². The number of carbonyl (C=O) groups is 2. The van der Waals surface area contributed by atoms with Crippen LogP contribution in [-0.2, 0) is 11.3 Å². The maximum atomic E-state index is 12.8. The maximum absolute atomic E-state index is 12.8. The first-order valence-electron chi connectivity index (χ1n) is 10.2. The molecule has 178 valence electrons. The van der Waals surface area contributed by atoms with Gasteiger partial charge in [0.05, 0.1) is 18.5 Å². The second kappa shape index (κ2) is 10.6. The van der Waals surface area contributed by atoms with Crippen molar-refractivity contribution in [2.75, 3.05) is 17.7 Å². The van der Waals surface area contributed by atoms with Crippen molar-refractivity contribution < 1.29 is 19.0 Å². The Hall–Kier alpha value is -5.27. The molecule has 2 aromatic heterocycles. The molecule has 0 saturated heterocycles. The van der Waals surface area contributed by atoms with Crippen molar-refractivity contribution >= 4 is 29.5 Å². The van der Waals surface area contributed by atoms with Crippen LogP contribution in [0.1, 0.15) is 21.7 Å². The lowest BCUT2D eigenvalue weighted by molar-refractivity contribution is -0.119. The Morgan fingerprint density at radius 3 is 2.57 bits per heavy atom. The average molecular weight is 476 g/mol. The van der Waals surface area contributed by atoms with Gasteiger partial charge in [-0.3, -0.25) is 9.59 Å². The molecule has 0 unspecified atom stereocenters. The van der Waals surface area contributed by atoms with Crippen LogP contribution in [0.3, 0.4) is 0 Å². The number of amides is 2. The molecule has 6 N–H and O–H groups in total. The zero-order chi connectivity index (χ0) is 24.6. The van der Waals surface area contributed by atoms with E-state index in [-0.39, 0.29) is 30.5 Å². The minimum Gasteiger partial charge on any atom is -0.484 e. The number of hydrazone groups is 1. The van der Waals surface area contributed by atoms with Gasteiger partial charge in [0, 0.05) is 5.69 Å². The van der Waals surface area contributed by atoms with Crippen LogP contribution in [0, 0.1) is 0 Å². The summed E-state index contributed by atoms with van der Waals surface area (Å²) < 4.78 is 11.1. The van der Waals surface area contributed by atoms with Crippen molar-refractivity contribution in [3.63, 3.8) is 0 Å². The Morgan fingerprint density at radius 1 is 1.11 bits per heavy atom. The van der Waals surface area contributed by atoms with Crippen LogP contribution >= 0.6 is 0 Å². The molecule has 2 amide bonds. The topological polar surface area (TPSA) is 201 Å². The number of para-hydroxylation sites is 1. The summed E-state index contributed by atoms with van der Waals surface area (Å²) in [6.45, 7) is -0.0514. The van der Waals surface area contributed by atoms with E-state index in [1.807, 2.05) is 30.3 Å². The molecule has 2 heterocycles. The fourth-order valence-electron chi connectivity index (χ4n) is 2.91. The fraction of sp³-hybridized carbons (Fsp3) is 0.0952. The SMILES string of the molecule is NC(=O)COc1ccc(C=NNC(=O)c2nnn(-c3nonc3N)c2CNc2ccccc2)cc1. The summed E-state index contributed by atoms with van der Waals surface area (Å²) in [6.07, 6.45) is 1.43. The number of nitrogens with one attached hydrogen (secondary N) is 2. The van der Waals surface area contributed by atoms with E-state index >= 15 is 0 Å². The standard InChI is InChI=1S/C21H20N10O4/c22-17(32)12-34-15-8-6-13(7-9-15)10-25-27-21(33)18-16(11-24-14-4-2-1-3-5-14)31(30-26-18)20-19(23)28-35-29-20/h1-10,24H,11-12H2,(H2,22,32)(H2,23,28)(H,27,33). The Kier molecular flexibility index (Phi) is 6.91. The van der Waals surface area contributed by atoms with E-state index in [0.717, 1.165) is 5.69 Å². The van der Waals surface area contributed by atoms with E-state index in [1.54, 1.807) is 24.3 Å². The van der Waals surface area contributed by atoms with Crippen LogP contribution in [0.5, 0.6) is 5.75 Å². The molecule has 0 atom stereocenters. The fourth-order valence-corrected chi connectivity index (χ4v) is 2.91. The van der Waals surface area contributed by atoms with Crippen molar-refractivity contribution in [2.45, 2.75) is 6.54 Å². The molecule has 0 bridgehead atoms. The second-order valence-corrected chi connectivity index (χ2v) is 7.01. The van der Waals surface area contributed by atoms with E-state index in [4.69, 9.17) is 16.2 Å². The number of carbonyl (C=O) groups excluding carboxylic acids is 2. The van der Waals surface area contributed by atoms with Crippen molar-refractivity contribution in [3.8, 4) is 11.6 Å². The molecule has 35 heavy (non-hydrogen) atoms. The Balaban J connectivity index is 1.48. The highest BCUT2D eigenvalue weighted by Gasteiger charge is 2.23. The van der Waals surface area contributed by atoms with Gasteiger partial charge in [-0.25, -0.2) is 10.1 Å². The number of nitrogens with two attached hydrogens (primary N) is 2. The summed E-state index contributed by atoms with van der Waals surface area (Å²) in [6, 6.07) is 16.0. The third-order valence-electron chi connectivity index (χ3n) is 4.55. The minimum atomic E-state index is -0.603. The Labute approximate surface area is 197 Å². The van der Waals surface area contributed by atoms with Crippen molar-refractivity contribution in [3.05, 3.63) is 71.5 Å². The lowest BCUT2D eigenvalue weighted by Gasteiger charge is -2.08. The lowest BCUT2D eigenvalue weighted by atomic mass is 10.2. The zero-order valence-corrected chi connectivity index (χ0v) is 18.2. The van der Waals surface area contributed by atoms with Gasteiger partial charge in [-0.15, -0.1) is 5.10 Å². The molecule has 4 rings (SSSR count). The molecule has 0 saturated carbocycles. The minimum absolute atomic E-state index is 0.00295. The van der Waals surface area contributed by atoms with Crippen molar-refractivity contribution in [1.82, 2.24) is 30.7 Å². The first-order valence-corrected chi connectivity index (χ1v) is 10.2. The number of hydrogen-bond donors (Lipinski definition) is 4. The van der Waals surface area contributed by atoms with E-state index in [9.17, 15) is 9.59 Å². The van der Waals surface area contributed by atoms with Crippen LogP contribution in [-0.4, -0.2) is 49.9 Å². The number of nitrogens with zero attached hydrogens (tertiary/aromatic N) is 6. The summed E-state index contributed by atoms with van der Waals surface area (Å²) in [4.78, 5) is 23.6. The first kappa shape index (κ1) is 22.9. The van der Waals surface area contributed by atoms with E-state index < -0.39 is 11.8 Å². The van der Waals surface area contributed by atoms with Gasteiger partial charge < -0.3 is 21.5 Å². The molecule has 0 aliphatic rings. The number of rotatable bonds is 10. The predicted molar refractivity (Wildman–Crippen MR) is 124 cm³/mol. The Bertz CT molecular complexity index is 1330. The van der Waals surface area contributed by atoms with Crippen LogP contribution in [0.15, 0.2) is 64.3 Å². The van der Waals surface area contributed by atoms with Gasteiger partial charge in [0.1, 0.15) is 5.75 Å². The number of aromatic nitrogens is 5. The monoisotopic (exact) mass is 476 g/mol. The molecule has 0 aliphatic carbocycles. The molecule has 0 radical (unpaired) electrons. The van der Waals surface area contributed by atoms with Crippen LogP contribution in [0.2, 0.25) is 0 Å². The van der Waals surface area contributed by atoms with Gasteiger partial charge in [0.2, 0.25) is 11.6 Å². The van der Waals surface area contributed by atoms with E-state index in [0.29, 0.717) is 17.0 Å². The molecule has 2 aromatic carbocycles. The maximum Gasteiger partial charge on any atom is 0.293 e. The van der Waals surface area contributed by atoms with Gasteiger partial charge in [0.25, 0.3) is 11.8 Å². The van der Waals surface area contributed by atoms with Gasteiger partial charge in [-0.1, -0.05) is 23.4 Å². The van der Waals surface area contributed by atoms with Crippen LogP contribution in [0.25, 0.3) is 5.82 Å². The summed E-state index contributed by atoms with van der Waals surface area (Å²) in [5, 5.41) is 22.4. The van der Waals surface area contributed by atoms with Crippen LogP contribution in [0.4, 0.5) is 11.5 Å². The summed E-state index contributed by atoms with van der Waals surface area (Å²) in [7, 11) is 0.